The summed E-state index contributed by atoms with van der Waals surface area (Å²) in [4.78, 5) is 10.4. The molecule has 0 bridgehead atoms. The van der Waals surface area contributed by atoms with Crippen molar-refractivity contribution in [2.75, 3.05) is 0 Å². The van der Waals surface area contributed by atoms with E-state index >= 15 is 0 Å². The maximum Gasteiger partial charge on any atom is 0.384 e. The smallest absolute Gasteiger partial charge is 0.384 e. The SMILES string of the molecule is CC(=O)CC(O)C(F)(F)C(F)(F)C(F)(F)C(F)(F)C(F)(F)C(F)F. The van der Waals surface area contributed by atoms with E-state index in [-0.39, 0.29) is 0 Å². The van der Waals surface area contributed by atoms with Gasteiger partial charge in [-0.25, -0.2) is 8.78 Å². The van der Waals surface area contributed by atoms with Crippen molar-refractivity contribution in [1.82, 2.24) is 0 Å². The van der Waals surface area contributed by atoms with Gasteiger partial charge in [-0.1, -0.05) is 0 Å². The van der Waals surface area contributed by atoms with E-state index in [0.29, 0.717) is 6.92 Å². The van der Waals surface area contributed by atoms with Crippen LogP contribution < -0.4 is 0 Å². The highest BCUT2D eigenvalue weighted by molar-refractivity contribution is 5.76. The number of halogens is 12. The fourth-order valence-corrected chi connectivity index (χ4v) is 1.36. The van der Waals surface area contributed by atoms with E-state index in [4.69, 9.17) is 5.11 Å². The molecule has 1 N–H and O–H groups in total. The molecule has 0 aromatic carbocycles. The lowest BCUT2D eigenvalue weighted by atomic mass is 9.90. The van der Waals surface area contributed by atoms with Crippen LogP contribution in [0.25, 0.3) is 0 Å². The first-order chi connectivity index (χ1) is 10.3. The lowest BCUT2D eigenvalue weighted by molar-refractivity contribution is -0.419. The lowest BCUT2D eigenvalue weighted by Gasteiger charge is -2.40. The van der Waals surface area contributed by atoms with Gasteiger partial charge in [0.25, 0.3) is 0 Å². The van der Waals surface area contributed by atoms with Crippen LogP contribution in [0, 0.1) is 0 Å². The average Bonchev–Trinajstić information content (AvgIpc) is 2.36. The van der Waals surface area contributed by atoms with Gasteiger partial charge < -0.3 is 5.11 Å². The highest BCUT2D eigenvalue weighted by atomic mass is 19.4. The summed E-state index contributed by atoms with van der Waals surface area (Å²) in [6.45, 7) is 0.426. The summed E-state index contributed by atoms with van der Waals surface area (Å²) in [5, 5.41) is 8.66. The van der Waals surface area contributed by atoms with Gasteiger partial charge in [0.1, 0.15) is 11.9 Å². The van der Waals surface area contributed by atoms with Crippen molar-refractivity contribution in [2.45, 2.75) is 55.5 Å². The molecule has 0 amide bonds. The molecule has 2 nitrogen and oxygen atoms in total. The lowest BCUT2D eigenvalue weighted by Crippen LogP contribution is -2.70. The summed E-state index contributed by atoms with van der Waals surface area (Å²) in [5.74, 6) is -37.8. The minimum atomic E-state index is -7.71. The molecule has 1 unspecified atom stereocenters. The Balaban J connectivity index is 6.11. The number of carbonyl (C=O) groups excluding carboxylic acids is 1. The van der Waals surface area contributed by atoms with Gasteiger partial charge in [0.2, 0.25) is 0 Å². The number of aliphatic hydroxyl groups is 1. The molecule has 0 rings (SSSR count). The molecule has 0 aromatic rings. The van der Waals surface area contributed by atoms with Gasteiger partial charge in [-0.15, -0.1) is 0 Å². The van der Waals surface area contributed by atoms with Crippen LogP contribution in [0.1, 0.15) is 13.3 Å². The fourth-order valence-electron chi connectivity index (χ4n) is 1.36. The molecule has 24 heavy (non-hydrogen) atoms. The van der Waals surface area contributed by atoms with Gasteiger partial charge in [0.15, 0.2) is 0 Å². The number of aliphatic hydroxyl groups excluding tert-OH is 1. The second-order valence-electron chi connectivity index (χ2n) is 4.69. The topological polar surface area (TPSA) is 37.3 Å². The molecule has 0 saturated heterocycles. The Kier molecular flexibility index (Phi) is 5.94. The van der Waals surface area contributed by atoms with E-state index in [1.165, 1.54) is 0 Å². The number of Topliss-reactive ketones (excluding diaryl/α,β-unsaturated/α-hetero) is 1. The number of hydrogen-bond donors (Lipinski definition) is 1. The molecular weight excluding hydrogens is 380 g/mol. The van der Waals surface area contributed by atoms with E-state index in [0.717, 1.165) is 0 Å². The molecule has 0 heterocycles. The summed E-state index contributed by atoms with van der Waals surface area (Å²) in [6, 6.07) is 0. The molecule has 0 aliphatic carbocycles. The van der Waals surface area contributed by atoms with Crippen molar-refractivity contribution in [3.8, 4) is 0 Å². The van der Waals surface area contributed by atoms with E-state index < -0.39 is 54.3 Å². The molecule has 1 atom stereocenters. The van der Waals surface area contributed by atoms with Gasteiger partial charge >= 0.3 is 36.0 Å². The maximum atomic E-state index is 13.2. The van der Waals surface area contributed by atoms with Crippen LogP contribution in [0.5, 0.6) is 0 Å². The van der Waals surface area contributed by atoms with Crippen molar-refractivity contribution in [2.24, 2.45) is 0 Å². The molecule has 144 valence electrons. The molecular formula is C10H8F12O2. The molecule has 0 saturated carbocycles. The molecule has 0 aliphatic heterocycles. The zero-order valence-corrected chi connectivity index (χ0v) is 11.3. The Morgan fingerprint density at radius 2 is 1.12 bits per heavy atom. The summed E-state index contributed by atoms with van der Waals surface area (Å²) in [6.07, 6.45) is -11.5. The fraction of sp³-hybridized carbons (Fsp3) is 0.900. The molecule has 0 fully saturated rings. The van der Waals surface area contributed by atoms with Crippen molar-refractivity contribution < 1.29 is 62.6 Å². The molecule has 0 radical (unpaired) electrons. The van der Waals surface area contributed by atoms with E-state index in [1.807, 2.05) is 0 Å². The summed E-state index contributed by atoms with van der Waals surface area (Å²) < 4.78 is 153. The van der Waals surface area contributed by atoms with Gasteiger partial charge in [-0.2, -0.15) is 43.9 Å². The summed E-state index contributed by atoms with van der Waals surface area (Å²) in [7, 11) is 0. The predicted octanol–water partition coefficient (Wildman–Crippen LogP) is 3.77. The zero-order chi connectivity index (χ0) is 19.9. The predicted molar refractivity (Wildman–Crippen MR) is 52.0 cm³/mol. The maximum absolute atomic E-state index is 13.2. The minimum Gasteiger partial charge on any atom is -0.386 e. The minimum absolute atomic E-state index is 0.426. The van der Waals surface area contributed by atoms with Crippen LogP contribution in [0.2, 0.25) is 0 Å². The zero-order valence-electron chi connectivity index (χ0n) is 11.3. The second kappa shape index (κ2) is 6.26. The Labute approximate surface area is 125 Å². The van der Waals surface area contributed by atoms with Gasteiger partial charge in [-0.3, -0.25) is 4.79 Å². The normalized spacial score (nSPS) is 16.5. The number of ketones is 1. The first kappa shape index (κ1) is 22.8. The first-order valence-electron chi connectivity index (χ1n) is 5.63. The van der Waals surface area contributed by atoms with Crippen LogP contribution in [-0.2, 0) is 4.79 Å². The largest absolute Gasteiger partial charge is 0.386 e. The third kappa shape index (κ3) is 3.16. The van der Waals surface area contributed by atoms with Crippen LogP contribution in [0.3, 0.4) is 0 Å². The Bertz CT molecular complexity index is 472. The average molecular weight is 388 g/mol. The monoisotopic (exact) mass is 388 g/mol. The highest BCUT2D eigenvalue weighted by Gasteiger charge is 2.88. The third-order valence-electron chi connectivity index (χ3n) is 2.80. The Hall–Kier alpha value is -1.21. The summed E-state index contributed by atoms with van der Waals surface area (Å²) >= 11 is 0. The molecule has 0 aromatic heterocycles. The molecule has 0 aliphatic rings. The van der Waals surface area contributed by atoms with Crippen molar-refractivity contribution in [3.63, 3.8) is 0 Å². The van der Waals surface area contributed by atoms with Gasteiger partial charge in [-0.05, 0) is 6.92 Å². The molecule has 0 spiro atoms. The quantitative estimate of drug-likeness (QED) is 0.643. The van der Waals surface area contributed by atoms with E-state index in [1.54, 1.807) is 0 Å². The van der Waals surface area contributed by atoms with Crippen molar-refractivity contribution in [3.05, 3.63) is 0 Å². The van der Waals surface area contributed by atoms with Crippen molar-refractivity contribution in [1.29, 1.82) is 0 Å². The second-order valence-corrected chi connectivity index (χ2v) is 4.69. The third-order valence-corrected chi connectivity index (χ3v) is 2.80. The Morgan fingerprint density at radius 1 is 0.792 bits per heavy atom. The first-order valence-corrected chi connectivity index (χ1v) is 5.63. The summed E-state index contributed by atoms with van der Waals surface area (Å²) in [5.41, 5.74) is 0. The van der Waals surface area contributed by atoms with Crippen molar-refractivity contribution >= 4 is 5.78 Å². The van der Waals surface area contributed by atoms with E-state index in [9.17, 15) is 57.5 Å². The van der Waals surface area contributed by atoms with Crippen LogP contribution in [0.4, 0.5) is 52.7 Å². The van der Waals surface area contributed by atoms with Crippen LogP contribution >= 0.6 is 0 Å². The van der Waals surface area contributed by atoms with E-state index in [2.05, 4.69) is 0 Å². The van der Waals surface area contributed by atoms with Gasteiger partial charge in [0, 0.05) is 6.42 Å². The number of carbonyl (C=O) groups is 1. The van der Waals surface area contributed by atoms with Gasteiger partial charge in [0.05, 0.1) is 0 Å². The highest BCUT2D eigenvalue weighted by Crippen LogP contribution is 2.58. The molecule has 14 heteroatoms. The standard InChI is InChI=1S/C10H8F12O2/c1-3(23)2-4(24)6(13,14)8(17,18)10(21,22)9(19,20)7(15,16)5(11)12/h4-5,24H,2H2,1H3. The van der Waals surface area contributed by atoms with Crippen LogP contribution in [-0.4, -0.2) is 53.0 Å². The number of rotatable bonds is 8. The number of alkyl halides is 12. The number of hydrogen-bond acceptors (Lipinski definition) is 2. The van der Waals surface area contributed by atoms with Crippen LogP contribution in [0.15, 0.2) is 0 Å². The Morgan fingerprint density at radius 3 is 1.42 bits per heavy atom.